The Hall–Kier alpha value is -1.85. The van der Waals surface area contributed by atoms with Gasteiger partial charge in [0.15, 0.2) is 0 Å². The van der Waals surface area contributed by atoms with Crippen molar-refractivity contribution in [3.05, 3.63) is 46.1 Å². The molecule has 2 aliphatic heterocycles. The van der Waals surface area contributed by atoms with E-state index in [0.717, 1.165) is 11.3 Å². The third kappa shape index (κ3) is 3.97. The highest BCUT2D eigenvalue weighted by atomic mass is 35.5. The van der Waals surface area contributed by atoms with E-state index >= 15 is 0 Å². The number of esters is 1. The van der Waals surface area contributed by atoms with E-state index in [0.29, 0.717) is 28.9 Å². The molecule has 0 aliphatic carbocycles. The van der Waals surface area contributed by atoms with Gasteiger partial charge < -0.3 is 4.74 Å². The Kier molecular flexibility index (Phi) is 6.40. The fourth-order valence-electron chi connectivity index (χ4n) is 2.28. The maximum atomic E-state index is 11.8. The molecule has 1 unspecified atom stereocenters. The van der Waals surface area contributed by atoms with Crippen LogP contribution in [-0.2, 0) is 9.53 Å². The molecule has 0 radical (unpaired) electrons. The SMILES string of the molecule is CC.CCOC(=O)C1=NN2C(Cl)=CC(c3ccc(Cl)cc3)=NC2C1. The summed E-state index contributed by atoms with van der Waals surface area (Å²) in [5.41, 5.74) is 1.98. The van der Waals surface area contributed by atoms with Crippen LogP contribution >= 0.6 is 23.2 Å². The van der Waals surface area contributed by atoms with Crippen LogP contribution in [-0.4, -0.2) is 35.2 Å². The van der Waals surface area contributed by atoms with Gasteiger partial charge in [0.2, 0.25) is 0 Å². The molecule has 1 aromatic rings. The zero-order valence-electron chi connectivity index (χ0n) is 13.8. The first-order valence-electron chi connectivity index (χ1n) is 7.83. The van der Waals surface area contributed by atoms with Gasteiger partial charge in [0.05, 0.1) is 12.3 Å². The number of allylic oxidation sites excluding steroid dienone is 1. The van der Waals surface area contributed by atoms with Gasteiger partial charge in [0.25, 0.3) is 0 Å². The molecule has 2 heterocycles. The molecule has 5 nitrogen and oxygen atoms in total. The van der Waals surface area contributed by atoms with Crippen LogP contribution in [0.2, 0.25) is 5.02 Å². The van der Waals surface area contributed by atoms with Crippen molar-refractivity contribution >= 4 is 40.6 Å². The third-order valence-electron chi connectivity index (χ3n) is 3.30. The van der Waals surface area contributed by atoms with E-state index in [1.807, 2.05) is 26.0 Å². The molecule has 0 saturated carbocycles. The zero-order valence-corrected chi connectivity index (χ0v) is 15.3. The van der Waals surface area contributed by atoms with Crippen LogP contribution in [0.25, 0.3) is 0 Å². The minimum absolute atomic E-state index is 0.311. The summed E-state index contributed by atoms with van der Waals surface area (Å²) >= 11 is 12.2. The largest absolute Gasteiger partial charge is 0.461 e. The average molecular weight is 368 g/mol. The molecule has 128 valence electrons. The van der Waals surface area contributed by atoms with Crippen LogP contribution in [0, 0.1) is 0 Å². The Morgan fingerprint density at radius 1 is 1.29 bits per heavy atom. The van der Waals surface area contributed by atoms with Crippen molar-refractivity contribution < 1.29 is 9.53 Å². The highest BCUT2D eigenvalue weighted by Gasteiger charge is 2.34. The van der Waals surface area contributed by atoms with Crippen molar-refractivity contribution in [2.24, 2.45) is 10.1 Å². The molecule has 0 amide bonds. The number of hydrazone groups is 1. The van der Waals surface area contributed by atoms with Crippen molar-refractivity contribution in [1.82, 2.24) is 5.01 Å². The lowest BCUT2D eigenvalue weighted by Crippen LogP contribution is -2.28. The van der Waals surface area contributed by atoms with Gasteiger partial charge in [-0.25, -0.2) is 9.80 Å². The third-order valence-corrected chi connectivity index (χ3v) is 3.83. The molecule has 0 fully saturated rings. The molecule has 1 aromatic carbocycles. The summed E-state index contributed by atoms with van der Waals surface area (Å²) in [6, 6.07) is 7.34. The highest BCUT2D eigenvalue weighted by Crippen LogP contribution is 2.29. The number of carbonyl (C=O) groups is 1. The minimum Gasteiger partial charge on any atom is -0.461 e. The molecular formula is C17H19Cl2N3O2. The van der Waals surface area contributed by atoms with Crippen LogP contribution in [0.4, 0.5) is 0 Å². The molecule has 0 saturated heterocycles. The summed E-state index contributed by atoms with van der Waals surface area (Å²) in [4.78, 5) is 16.4. The number of fused-ring (bicyclic) bond motifs is 1. The summed E-state index contributed by atoms with van der Waals surface area (Å²) in [5.74, 6) is -0.426. The van der Waals surface area contributed by atoms with Crippen LogP contribution in [0.1, 0.15) is 32.8 Å². The number of hydrogen-bond donors (Lipinski definition) is 0. The number of aliphatic imine (C=N–C) groups is 1. The lowest BCUT2D eigenvalue weighted by Gasteiger charge is -2.24. The maximum absolute atomic E-state index is 11.8. The van der Waals surface area contributed by atoms with Gasteiger partial charge in [-0.2, -0.15) is 5.10 Å². The first-order valence-corrected chi connectivity index (χ1v) is 8.59. The fourth-order valence-corrected chi connectivity index (χ4v) is 2.66. The summed E-state index contributed by atoms with van der Waals surface area (Å²) in [7, 11) is 0. The van der Waals surface area contributed by atoms with Crippen molar-refractivity contribution in [2.75, 3.05) is 6.61 Å². The Morgan fingerprint density at radius 3 is 2.58 bits per heavy atom. The number of nitrogens with zero attached hydrogens (tertiary/aromatic N) is 3. The van der Waals surface area contributed by atoms with Crippen LogP contribution in [0.15, 0.2) is 45.6 Å². The molecule has 0 bridgehead atoms. The number of halogens is 2. The second-order valence-corrected chi connectivity index (χ2v) is 5.61. The van der Waals surface area contributed by atoms with Crippen molar-refractivity contribution in [2.45, 2.75) is 33.4 Å². The molecule has 24 heavy (non-hydrogen) atoms. The van der Waals surface area contributed by atoms with E-state index in [1.54, 1.807) is 25.1 Å². The molecule has 0 N–H and O–H groups in total. The van der Waals surface area contributed by atoms with Gasteiger partial charge >= 0.3 is 5.97 Å². The average Bonchev–Trinajstić information content (AvgIpc) is 3.02. The summed E-state index contributed by atoms with van der Waals surface area (Å²) in [6.45, 7) is 6.07. The Morgan fingerprint density at radius 2 is 1.96 bits per heavy atom. The molecule has 0 spiro atoms. The smallest absolute Gasteiger partial charge is 0.354 e. The molecule has 3 rings (SSSR count). The number of hydrogen-bond acceptors (Lipinski definition) is 5. The second-order valence-electron chi connectivity index (χ2n) is 4.78. The number of carbonyl (C=O) groups excluding carboxylic acids is 1. The Bertz CT molecular complexity index is 696. The summed E-state index contributed by atoms with van der Waals surface area (Å²) < 4.78 is 4.97. The monoisotopic (exact) mass is 367 g/mol. The van der Waals surface area contributed by atoms with E-state index in [-0.39, 0.29) is 6.17 Å². The first kappa shape index (κ1) is 18.5. The van der Waals surface area contributed by atoms with E-state index < -0.39 is 5.97 Å². The zero-order chi connectivity index (χ0) is 17.7. The second kappa shape index (κ2) is 8.31. The number of rotatable bonds is 3. The van der Waals surface area contributed by atoms with Crippen LogP contribution in [0.3, 0.4) is 0 Å². The Labute approximate surface area is 151 Å². The Balaban J connectivity index is 0.00000100. The predicted molar refractivity (Wildman–Crippen MR) is 97.6 cm³/mol. The topological polar surface area (TPSA) is 54.3 Å². The predicted octanol–water partition coefficient (Wildman–Crippen LogP) is 4.20. The van der Waals surface area contributed by atoms with E-state index in [4.69, 9.17) is 27.9 Å². The molecule has 1 atom stereocenters. The number of benzene rings is 1. The highest BCUT2D eigenvalue weighted by molar-refractivity contribution is 6.38. The van der Waals surface area contributed by atoms with Gasteiger partial charge in [-0.1, -0.05) is 49.2 Å². The van der Waals surface area contributed by atoms with Crippen molar-refractivity contribution in [1.29, 1.82) is 0 Å². The van der Waals surface area contributed by atoms with E-state index in [9.17, 15) is 4.79 Å². The minimum atomic E-state index is -0.426. The molecule has 0 aromatic heterocycles. The molecular weight excluding hydrogens is 349 g/mol. The van der Waals surface area contributed by atoms with Gasteiger partial charge in [-0.3, -0.25) is 4.99 Å². The fraction of sp³-hybridized carbons (Fsp3) is 0.353. The van der Waals surface area contributed by atoms with Gasteiger partial charge in [-0.15, -0.1) is 0 Å². The summed E-state index contributed by atoms with van der Waals surface area (Å²) in [6.07, 6.45) is 1.78. The van der Waals surface area contributed by atoms with Gasteiger partial charge in [-0.05, 0) is 24.6 Å². The summed E-state index contributed by atoms with van der Waals surface area (Å²) in [5, 5.41) is 6.81. The first-order chi connectivity index (χ1) is 11.6. The standard InChI is InChI=1S/C15H13Cl2N3O2.C2H6/c1-2-22-15(21)12-8-14-18-11(7-13(17)20(14)19-12)9-3-5-10(16)6-4-9;1-2/h3-7,14H,2,8H2,1H3;1-2H3. The van der Waals surface area contributed by atoms with Crippen LogP contribution in [0.5, 0.6) is 0 Å². The molecule has 2 aliphatic rings. The van der Waals surface area contributed by atoms with Gasteiger partial charge in [0.1, 0.15) is 17.0 Å². The lowest BCUT2D eigenvalue weighted by molar-refractivity contribution is -0.135. The molecule has 7 heteroatoms. The van der Waals surface area contributed by atoms with Gasteiger partial charge in [0, 0.05) is 17.5 Å². The van der Waals surface area contributed by atoms with Crippen molar-refractivity contribution in [3.8, 4) is 0 Å². The van der Waals surface area contributed by atoms with Crippen molar-refractivity contribution in [3.63, 3.8) is 0 Å². The van der Waals surface area contributed by atoms with Crippen LogP contribution < -0.4 is 0 Å². The number of ether oxygens (including phenoxy) is 1. The lowest BCUT2D eigenvalue weighted by atomic mass is 10.1. The van der Waals surface area contributed by atoms with E-state index in [1.165, 1.54) is 5.01 Å². The quantitative estimate of drug-likeness (QED) is 0.594. The maximum Gasteiger partial charge on any atom is 0.354 e. The normalized spacial score (nSPS) is 18.6. The van der Waals surface area contributed by atoms with E-state index in [2.05, 4.69) is 10.1 Å².